The van der Waals surface area contributed by atoms with Crippen LogP contribution in [0.5, 0.6) is 5.88 Å². The van der Waals surface area contributed by atoms with E-state index in [-0.39, 0.29) is 11.9 Å². The third-order valence-electron chi connectivity index (χ3n) is 4.11. The lowest BCUT2D eigenvalue weighted by Gasteiger charge is -2.34. The van der Waals surface area contributed by atoms with Crippen molar-refractivity contribution in [2.24, 2.45) is 0 Å². The molecule has 1 aliphatic heterocycles. The topological polar surface area (TPSA) is 63.7 Å². The van der Waals surface area contributed by atoms with Gasteiger partial charge < -0.3 is 14.8 Å². The van der Waals surface area contributed by atoms with E-state index in [1.807, 2.05) is 13.0 Å². The first-order valence-corrected chi connectivity index (χ1v) is 9.38. The minimum absolute atomic E-state index is 0.153. The number of amides is 1. The Bertz CT molecular complexity index is 672. The molecule has 3 rings (SSSR count). The van der Waals surface area contributed by atoms with Crippen molar-refractivity contribution in [3.8, 4) is 5.88 Å². The molecule has 1 unspecified atom stereocenters. The van der Waals surface area contributed by atoms with Crippen LogP contribution in [0.2, 0.25) is 0 Å². The van der Waals surface area contributed by atoms with Crippen LogP contribution in [0.15, 0.2) is 35.8 Å². The SMILES string of the molecule is CCOc1ncccc1C(=O)NCC(c1cccs1)N1CCOCC1. The van der Waals surface area contributed by atoms with Crippen molar-refractivity contribution in [3.63, 3.8) is 0 Å². The first-order valence-electron chi connectivity index (χ1n) is 8.50. The first kappa shape index (κ1) is 17.8. The largest absolute Gasteiger partial charge is 0.477 e. The highest BCUT2D eigenvalue weighted by Gasteiger charge is 2.24. The molecule has 1 atom stereocenters. The Hall–Kier alpha value is -1.96. The fourth-order valence-corrected chi connectivity index (χ4v) is 3.74. The molecule has 0 radical (unpaired) electrons. The highest BCUT2D eigenvalue weighted by molar-refractivity contribution is 7.10. The number of carbonyl (C=O) groups excluding carboxylic acids is 1. The van der Waals surface area contributed by atoms with E-state index < -0.39 is 0 Å². The normalized spacial score (nSPS) is 16.4. The summed E-state index contributed by atoms with van der Waals surface area (Å²) in [6, 6.07) is 7.80. The van der Waals surface area contributed by atoms with E-state index in [4.69, 9.17) is 9.47 Å². The average Bonchev–Trinajstić information content (AvgIpc) is 3.18. The van der Waals surface area contributed by atoms with Gasteiger partial charge in [0.2, 0.25) is 5.88 Å². The Morgan fingerprint density at radius 1 is 1.40 bits per heavy atom. The van der Waals surface area contributed by atoms with E-state index in [0.717, 1.165) is 26.3 Å². The molecular weight excluding hydrogens is 338 g/mol. The molecule has 6 nitrogen and oxygen atoms in total. The van der Waals surface area contributed by atoms with Crippen LogP contribution in [-0.4, -0.2) is 55.2 Å². The van der Waals surface area contributed by atoms with Crippen LogP contribution in [0.4, 0.5) is 0 Å². The lowest BCUT2D eigenvalue weighted by molar-refractivity contribution is 0.0169. The maximum Gasteiger partial charge on any atom is 0.256 e. The van der Waals surface area contributed by atoms with Crippen LogP contribution < -0.4 is 10.1 Å². The Morgan fingerprint density at radius 2 is 2.24 bits per heavy atom. The Balaban J connectivity index is 1.69. The van der Waals surface area contributed by atoms with Crippen molar-refractivity contribution in [2.45, 2.75) is 13.0 Å². The maximum absolute atomic E-state index is 12.6. The third-order valence-corrected chi connectivity index (χ3v) is 5.08. The number of ether oxygens (including phenoxy) is 2. The molecule has 2 aromatic heterocycles. The van der Waals surface area contributed by atoms with Gasteiger partial charge in [0.05, 0.1) is 25.9 Å². The monoisotopic (exact) mass is 361 g/mol. The van der Waals surface area contributed by atoms with E-state index in [1.54, 1.807) is 29.7 Å². The number of morpholine rings is 1. The quantitative estimate of drug-likeness (QED) is 0.820. The number of hydrogen-bond acceptors (Lipinski definition) is 6. The Morgan fingerprint density at radius 3 is 2.96 bits per heavy atom. The average molecular weight is 361 g/mol. The fraction of sp³-hybridized carbons (Fsp3) is 0.444. The molecule has 0 aromatic carbocycles. The molecule has 0 bridgehead atoms. The van der Waals surface area contributed by atoms with Crippen LogP contribution in [0.3, 0.4) is 0 Å². The summed E-state index contributed by atoms with van der Waals surface area (Å²) in [5, 5.41) is 5.12. The van der Waals surface area contributed by atoms with Crippen LogP contribution in [-0.2, 0) is 4.74 Å². The molecular formula is C18H23N3O3S. The summed E-state index contributed by atoms with van der Waals surface area (Å²) in [6.45, 7) is 6.09. The molecule has 0 saturated carbocycles. The second kappa shape index (κ2) is 8.94. The predicted molar refractivity (Wildman–Crippen MR) is 97.2 cm³/mol. The molecule has 1 saturated heterocycles. The van der Waals surface area contributed by atoms with Gasteiger partial charge in [-0.15, -0.1) is 11.3 Å². The molecule has 0 spiro atoms. The minimum Gasteiger partial charge on any atom is -0.477 e. The summed E-state index contributed by atoms with van der Waals surface area (Å²) in [5.74, 6) is 0.216. The van der Waals surface area contributed by atoms with Crippen molar-refractivity contribution < 1.29 is 14.3 Å². The maximum atomic E-state index is 12.6. The molecule has 7 heteroatoms. The number of carbonyl (C=O) groups is 1. The molecule has 25 heavy (non-hydrogen) atoms. The molecule has 134 valence electrons. The first-order chi connectivity index (χ1) is 12.3. The van der Waals surface area contributed by atoms with Crippen molar-refractivity contribution >= 4 is 17.2 Å². The number of nitrogens with one attached hydrogen (secondary N) is 1. The zero-order chi connectivity index (χ0) is 17.5. The van der Waals surface area contributed by atoms with Gasteiger partial charge in [0.15, 0.2) is 0 Å². The number of nitrogens with zero attached hydrogens (tertiary/aromatic N) is 2. The summed E-state index contributed by atoms with van der Waals surface area (Å²) < 4.78 is 10.9. The lowest BCUT2D eigenvalue weighted by Crippen LogP contribution is -2.43. The fourth-order valence-electron chi connectivity index (χ4n) is 2.88. The van der Waals surface area contributed by atoms with Crippen molar-refractivity contribution in [1.29, 1.82) is 0 Å². The molecule has 3 heterocycles. The van der Waals surface area contributed by atoms with Crippen LogP contribution in [0.1, 0.15) is 28.2 Å². The number of rotatable bonds is 7. The van der Waals surface area contributed by atoms with Gasteiger partial charge in [0.1, 0.15) is 5.56 Å². The third kappa shape index (κ3) is 4.56. The van der Waals surface area contributed by atoms with Gasteiger partial charge in [-0.05, 0) is 30.5 Å². The summed E-state index contributed by atoms with van der Waals surface area (Å²) in [5.41, 5.74) is 0.469. The summed E-state index contributed by atoms with van der Waals surface area (Å²) >= 11 is 1.71. The van der Waals surface area contributed by atoms with Crippen molar-refractivity contribution in [3.05, 3.63) is 46.3 Å². The molecule has 0 aliphatic carbocycles. The van der Waals surface area contributed by atoms with E-state index in [0.29, 0.717) is 24.6 Å². The van der Waals surface area contributed by atoms with Gasteiger partial charge >= 0.3 is 0 Å². The van der Waals surface area contributed by atoms with Gasteiger partial charge in [0, 0.05) is 30.7 Å². The smallest absolute Gasteiger partial charge is 0.256 e. The zero-order valence-electron chi connectivity index (χ0n) is 14.3. The van der Waals surface area contributed by atoms with E-state index in [9.17, 15) is 4.79 Å². The summed E-state index contributed by atoms with van der Waals surface area (Å²) in [6.07, 6.45) is 1.63. The van der Waals surface area contributed by atoms with Crippen LogP contribution >= 0.6 is 11.3 Å². The minimum atomic E-state index is -0.161. The van der Waals surface area contributed by atoms with Crippen LogP contribution in [0, 0.1) is 0 Å². The number of aromatic nitrogens is 1. The number of pyridine rings is 1. The van der Waals surface area contributed by atoms with Gasteiger partial charge in [-0.1, -0.05) is 6.07 Å². The van der Waals surface area contributed by atoms with Gasteiger partial charge in [0.25, 0.3) is 5.91 Å². The van der Waals surface area contributed by atoms with E-state index >= 15 is 0 Å². The second-order valence-electron chi connectivity index (χ2n) is 5.68. The van der Waals surface area contributed by atoms with E-state index in [2.05, 4.69) is 26.6 Å². The Kier molecular flexibility index (Phi) is 6.38. The number of hydrogen-bond donors (Lipinski definition) is 1. The van der Waals surface area contributed by atoms with Crippen LogP contribution in [0.25, 0.3) is 0 Å². The summed E-state index contributed by atoms with van der Waals surface area (Å²) in [7, 11) is 0. The van der Waals surface area contributed by atoms with Gasteiger partial charge in [-0.25, -0.2) is 4.98 Å². The van der Waals surface area contributed by atoms with Crippen molar-refractivity contribution in [2.75, 3.05) is 39.5 Å². The standard InChI is InChI=1S/C18H23N3O3S/c1-2-24-18-14(5-3-7-19-18)17(22)20-13-15(16-6-4-12-25-16)21-8-10-23-11-9-21/h3-7,12,15H,2,8-11,13H2,1H3,(H,20,22). The summed E-state index contributed by atoms with van der Waals surface area (Å²) in [4.78, 5) is 20.4. The highest BCUT2D eigenvalue weighted by Crippen LogP contribution is 2.25. The molecule has 1 N–H and O–H groups in total. The number of thiophene rings is 1. The zero-order valence-corrected chi connectivity index (χ0v) is 15.1. The molecule has 1 aliphatic rings. The molecule has 2 aromatic rings. The molecule has 1 amide bonds. The van der Waals surface area contributed by atoms with Gasteiger partial charge in [-0.2, -0.15) is 0 Å². The Labute approximate surface area is 151 Å². The van der Waals surface area contributed by atoms with Crippen molar-refractivity contribution in [1.82, 2.24) is 15.2 Å². The highest BCUT2D eigenvalue weighted by atomic mass is 32.1. The van der Waals surface area contributed by atoms with E-state index in [1.165, 1.54) is 4.88 Å². The predicted octanol–water partition coefficient (Wildman–Crippen LogP) is 2.35. The second-order valence-corrected chi connectivity index (χ2v) is 6.66. The van der Waals surface area contributed by atoms with Gasteiger partial charge in [-0.3, -0.25) is 9.69 Å². The lowest BCUT2D eigenvalue weighted by atomic mass is 10.1. The molecule has 1 fully saturated rings.